The monoisotopic (exact) mass is 360 g/mol. The van der Waals surface area contributed by atoms with E-state index in [9.17, 15) is 9.50 Å². The Morgan fingerprint density at radius 1 is 1.15 bits per heavy atom. The number of halogens is 1. The van der Waals surface area contributed by atoms with Crippen LogP contribution in [0.15, 0.2) is 30.6 Å². The number of hydrogen-bond donors (Lipinski definition) is 2. The minimum atomic E-state index is -0.202. The lowest BCUT2D eigenvalue weighted by atomic mass is 10.2. The number of nitrogens with zero attached hydrogens (tertiary/aromatic N) is 5. The molecule has 0 radical (unpaired) electrons. The molecule has 2 heterocycles. The van der Waals surface area contributed by atoms with E-state index in [-0.39, 0.29) is 12.4 Å². The summed E-state index contributed by atoms with van der Waals surface area (Å²) in [6.07, 6.45) is 1.50. The van der Waals surface area contributed by atoms with Crippen LogP contribution in [0.3, 0.4) is 0 Å². The smallest absolute Gasteiger partial charge is 0.157 e. The van der Waals surface area contributed by atoms with Gasteiger partial charge in [0.1, 0.15) is 17.8 Å². The van der Waals surface area contributed by atoms with Crippen molar-refractivity contribution in [2.75, 3.05) is 66.3 Å². The van der Waals surface area contributed by atoms with E-state index in [0.717, 1.165) is 0 Å². The van der Waals surface area contributed by atoms with Crippen LogP contribution in [0.5, 0.6) is 0 Å². The van der Waals surface area contributed by atoms with E-state index in [1.807, 2.05) is 22.8 Å². The van der Waals surface area contributed by atoms with E-state index in [4.69, 9.17) is 5.73 Å². The molecule has 140 valence electrons. The molecule has 0 unspecified atom stereocenters. The van der Waals surface area contributed by atoms with Crippen LogP contribution in [0.25, 0.3) is 0 Å². The lowest BCUT2D eigenvalue weighted by molar-refractivity contribution is 0.302. The van der Waals surface area contributed by atoms with Crippen molar-refractivity contribution in [1.29, 1.82) is 0 Å². The normalized spacial score (nSPS) is 14.6. The number of likely N-dealkylation sites (N-methyl/N-ethyl adjacent to an activating group) is 1. The summed E-state index contributed by atoms with van der Waals surface area (Å²) in [4.78, 5) is 14.7. The van der Waals surface area contributed by atoms with Crippen LogP contribution >= 0.6 is 0 Å². The van der Waals surface area contributed by atoms with Crippen LogP contribution in [0.4, 0.5) is 27.4 Å². The van der Waals surface area contributed by atoms with Gasteiger partial charge in [-0.3, -0.25) is 0 Å². The highest BCUT2D eigenvalue weighted by atomic mass is 19.1. The van der Waals surface area contributed by atoms with Crippen LogP contribution in [-0.2, 0) is 0 Å². The molecule has 0 atom stereocenters. The average molecular weight is 360 g/mol. The van der Waals surface area contributed by atoms with Crippen molar-refractivity contribution in [3.05, 3.63) is 36.4 Å². The molecule has 2 aromatic rings. The molecule has 1 aliphatic heterocycles. The number of aliphatic hydroxyl groups excluding tert-OH is 1. The van der Waals surface area contributed by atoms with Gasteiger partial charge < -0.3 is 25.5 Å². The number of nitrogen functional groups attached to an aromatic ring is 1. The molecule has 1 saturated heterocycles. The molecule has 1 aromatic heterocycles. The molecule has 0 saturated carbocycles. The average Bonchev–Trinajstić information content (AvgIpc) is 2.67. The van der Waals surface area contributed by atoms with Crippen molar-refractivity contribution in [2.24, 2.45) is 0 Å². The largest absolute Gasteiger partial charge is 0.395 e. The van der Waals surface area contributed by atoms with E-state index < -0.39 is 0 Å². The highest BCUT2D eigenvalue weighted by Gasteiger charge is 2.23. The standard InChI is InChI=1S/C18H25FN6O/c1-2-23(11-12-26)17-16(20)18(22-13-21-17)25-9-7-24(8-10-25)15-6-4-3-5-14(15)19/h3-6,13,26H,2,7-12,20H2,1H3. The number of hydrogen-bond acceptors (Lipinski definition) is 7. The molecule has 1 aliphatic rings. The zero-order valence-electron chi connectivity index (χ0n) is 15.0. The molecule has 0 spiro atoms. The van der Waals surface area contributed by atoms with Crippen molar-refractivity contribution >= 4 is 23.0 Å². The summed E-state index contributed by atoms with van der Waals surface area (Å²) in [7, 11) is 0. The lowest BCUT2D eigenvalue weighted by Crippen LogP contribution is -2.47. The maximum atomic E-state index is 14.0. The number of aliphatic hydroxyl groups is 1. The molecule has 1 fully saturated rings. The highest BCUT2D eigenvalue weighted by molar-refractivity contribution is 5.76. The number of benzene rings is 1. The summed E-state index contributed by atoms with van der Waals surface area (Å²) in [6, 6.07) is 6.83. The van der Waals surface area contributed by atoms with Gasteiger partial charge in [-0.05, 0) is 19.1 Å². The fraction of sp³-hybridized carbons (Fsp3) is 0.444. The van der Waals surface area contributed by atoms with Crippen molar-refractivity contribution in [3.63, 3.8) is 0 Å². The number of aromatic nitrogens is 2. The molecule has 3 N–H and O–H groups in total. The van der Waals surface area contributed by atoms with Gasteiger partial charge in [0.15, 0.2) is 11.6 Å². The summed E-state index contributed by atoms with van der Waals surface area (Å²) >= 11 is 0. The molecule has 7 nitrogen and oxygen atoms in total. The zero-order chi connectivity index (χ0) is 18.5. The molecule has 8 heteroatoms. The minimum absolute atomic E-state index is 0.0356. The van der Waals surface area contributed by atoms with Gasteiger partial charge in [0.2, 0.25) is 0 Å². The minimum Gasteiger partial charge on any atom is -0.395 e. The summed E-state index contributed by atoms with van der Waals surface area (Å²) in [5.74, 6) is 1.13. The third kappa shape index (κ3) is 3.65. The maximum Gasteiger partial charge on any atom is 0.157 e. The molecule has 0 amide bonds. The van der Waals surface area contributed by atoms with Crippen LogP contribution in [0.1, 0.15) is 6.92 Å². The van der Waals surface area contributed by atoms with E-state index in [2.05, 4.69) is 14.9 Å². The van der Waals surface area contributed by atoms with Gasteiger partial charge in [-0.25, -0.2) is 14.4 Å². The number of para-hydroxylation sites is 1. The Bertz CT molecular complexity index is 735. The zero-order valence-corrected chi connectivity index (χ0v) is 15.0. The highest BCUT2D eigenvalue weighted by Crippen LogP contribution is 2.30. The van der Waals surface area contributed by atoms with Gasteiger partial charge in [-0.2, -0.15) is 0 Å². The first-order valence-corrected chi connectivity index (χ1v) is 8.86. The number of anilines is 4. The summed E-state index contributed by atoms with van der Waals surface area (Å²) in [5.41, 5.74) is 7.47. The second kappa shape index (κ2) is 8.18. The van der Waals surface area contributed by atoms with Crippen LogP contribution in [0.2, 0.25) is 0 Å². The molecule has 3 rings (SSSR count). The Morgan fingerprint density at radius 3 is 2.50 bits per heavy atom. The Labute approximate surface area is 152 Å². The molecule has 1 aromatic carbocycles. The molecular weight excluding hydrogens is 335 g/mol. The maximum absolute atomic E-state index is 14.0. The molecule has 0 bridgehead atoms. The third-order valence-electron chi connectivity index (χ3n) is 4.67. The first-order valence-electron chi connectivity index (χ1n) is 8.86. The Kier molecular flexibility index (Phi) is 5.72. The first kappa shape index (κ1) is 18.2. The fourth-order valence-electron chi connectivity index (χ4n) is 3.28. The summed E-state index contributed by atoms with van der Waals surface area (Å²) < 4.78 is 14.0. The van der Waals surface area contributed by atoms with Gasteiger partial charge in [0.05, 0.1) is 12.3 Å². The SMILES string of the molecule is CCN(CCO)c1ncnc(N2CCN(c3ccccc3F)CC2)c1N. The van der Waals surface area contributed by atoms with Gasteiger partial charge in [0, 0.05) is 39.3 Å². The lowest BCUT2D eigenvalue weighted by Gasteiger charge is -2.37. The van der Waals surface area contributed by atoms with E-state index in [1.54, 1.807) is 12.1 Å². The van der Waals surface area contributed by atoms with Gasteiger partial charge in [-0.1, -0.05) is 12.1 Å². The van der Waals surface area contributed by atoms with Gasteiger partial charge in [0.25, 0.3) is 0 Å². The predicted molar refractivity (Wildman–Crippen MR) is 102 cm³/mol. The van der Waals surface area contributed by atoms with Crippen molar-refractivity contribution in [3.8, 4) is 0 Å². The quantitative estimate of drug-likeness (QED) is 0.804. The van der Waals surface area contributed by atoms with Gasteiger partial charge in [-0.15, -0.1) is 0 Å². The Hall–Kier alpha value is -2.61. The molecular formula is C18H25FN6O. The van der Waals surface area contributed by atoms with Gasteiger partial charge >= 0.3 is 0 Å². The summed E-state index contributed by atoms with van der Waals surface area (Å²) in [5, 5.41) is 9.23. The number of piperazine rings is 1. The van der Waals surface area contributed by atoms with Crippen LogP contribution < -0.4 is 20.4 Å². The van der Waals surface area contributed by atoms with E-state index in [0.29, 0.717) is 62.3 Å². The van der Waals surface area contributed by atoms with Crippen molar-refractivity contribution in [2.45, 2.75) is 6.92 Å². The second-order valence-corrected chi connectivity index (χ2v) is 6.16. The van der Waals surface area contributed by atoms with Crippen molar-refractivity contribution in [1.82, 2.24) is 9.97 Å². The summed E-state index contributed by atoms with van der Waals surface area (Å²) in [6.45, 7) is 5.96. The first-order chi connectivity index (χ1) is 12.7. The van der Waals surface area contributed by atoms with Crippen LogP contribution in [0, 0.1) is 5.82 Å². The number of nitrogens with two attached hydrogens (primary N) is 1. The van der Waals surface area contributed by atoms with E-state index in [1.165, 1.54) is 12.4 Å². The van der Waals surface area contributed by atoms with E-state index >= 15 is 0 Å². The Balaban J connectivity index is 1.74. The van der Waals surface area contributed by atoms with Crippen molar-refractivity contribution < 1.29 is 9.50 Å². The molecule has 0 aliphatic carbocycles. The second-order valence-electron chi connectivity index (χ2n) is 6.16. The number of rotatable bonds is 6. The molecule has 26 heavy (non-hydrogen) atoms. The Morgan fingerprint density at radius 2 is 1.85 bits per heavy atom. The third-order valence-corrected chi connectivity index (χ3v) is 4.67. The topological polar surface area (TPSA) is 81.8 Å². The predicted octanol–water partition coefficient (Wildman–Crippen LogP) is 1.34. The van der Waals surface area contributed by atoms with Crippen LogP contribution in [-0.4, -0.2) is 60.9 Å². The fourth-order valence-corrected chi connectivity index (χ4v) is 3.28.